The molecular formula is C17H26BrN3. The van der Waals surface area contributed by atoms with Gasteiger partial charge in [0.25, 0.3) is 0 Å². The van der Waals surface area contributed by atoms with E-state index in [4.69, 9.17) is 5.73 Å². The molecule has 1 aromatic rings. The Labute approximate surface area is 136 Å². The molecule has 3 nitrogen and oxygen atoms in total. The van der Waals surface area contributed by atoms with Crippen LogP contribution >= 0.6 is 15.9 Å². The fraction of sp³-hybridized carbons (Fsp3) is 0.647. The molecule has 2 aliphatic heterocycles. The fourth-order valence-electron chi connectivity index (χ4n) is 3.74. The molecule has 2 fully saturated rings. The third kappa shape index (κ3) is 3.61. The van der Waals surface area contributed by atoms with Crippen molar-refractivity contribution in [3.63, 3.8) is 0 Å². The third-order valence-electron chi connectivity index (χ3n) is 4.74. The number of benzene rings is 1. The van der Waals surface area contributed by atoms with Gasteiger partial charge < -0.3 is 10.6 Å². The molecule has 2 unspecified atom stereocenters. The Bertz CT molecular complexity index is 483. The molecule has 0 bridgehead atoms. The molecule has 3 rings (SSSR count). The van der Waals surface area contributed by atoms with Crippen molar-refractivity contribution < 1.29 is 0 Å². The molecule has 4 heteroatoms. The highest BCUT2D eigenvalue weighted by Gasteiger charge is 2.30. The minimum absolute atomic E-state index is 0.204. The van der Waals surface area contributed by atoms with Gasteiger partial charge >= 0.3 is 0 Å². The molecule has 116 valence electrons. The Morgan fingerprint density at radius 1 is 1.29 bits per heavy atom. The first-order valence-corrected chi connectivity index (χ1v) is 8.96. The van der Waals surface area contributed by atoms with Gasteiger partial charge in [0, 0.05) is 35.3 Å². The number of anilines is 1. The van der Waals surface area contributed by atoms with Crippen LogP contribution in [-0.2, 0) is 6.42 Å². The molecular weight excluding hydrogens is 326 g/mol. The summed E-state index contributed by atoms with van der Waals surface area (Å²) in [5, 5.41) is 0. The molecule has 0 aliphatic carbocycles. The zero-order valence-corrected chi connectivity index (χ0v) is 14.5. The van der Waals surface area contributed by atoms with Crippen LogP contribution in [0.5, 0.6) is 0 Å². The topological polar surface area (TPSA) is 32.5 Å². The van der Waals surface area contributed by atoms with Gasteiger partial charge in [-0.05, 0) is 69.5 Å². The van der Waals surface area contributed by atoms with Crippen molar-refractivity contribution in [1.82, 2.24) is 4.90 Å². The third-order valence-corrected chi connectivity index (χ3v) is 5.24. The van der Waals surface area contributed by atoms with Gasteiger partial charge in [-0.25, -0.2) is 0 Å². The van der Waals surface area contributed by atoms with E-state index >= 15 is 0 Å². The molecule has 0 amide bonds. The first-order chi connectivity index (χ1) is 10.1. The van der Waals surface area contributed by atoms with Gasteiger partial charge in [0.1, 0.15) is 0 Å². The second kappa shape index (κ2) is 6.67. The van der Waals surface area contributed by atoms with Crippen LogP contribution in [0.25, 0.3) is 0 Å². The Balaban J connectivity index is 1.74. The lowest BCUT2D eigenvalue weighted by atomic mass is 10.0. The van der Waals surface area contributed by atoms with Gasteiger partial charge in [-0.1, -0.05) is 15.9 Å². The summed E-state index contributed by atoms with van der Waals surface area (Å²) in [6.07, 6.45) is 5.00. The van der Waals surface area contributed by atoms with E-state index in [2.05, 4.69) is 50.9 Å². The van der Waals surface area contributed by atoms with E-state index in [-0.39, 0.29) is 6.04 Å². The van der Waals surface area contributed by atoms with Crippen LogP contribution in [0.15, 0.2) is 22.7 Å². The molecule has 21 heavy (non-hydrogen) atoms. The van der Waals surface area contributed by atoms with Crippen molar-refractivity contribution in [2.24, 2.45) is 5.73 Å². The minimum Gasteiger partial charge on any atom is -0.370 e. The first kappa shape index (κ1) is 15.3. The van der Waals surface area contributed by atoms with Crippen molar-refractivity contribution >= 4 is 21.6 Å². The number of hydrogen-bond acceptors (Lipinski definition) is 3. The maximum atomic E-state index is 6.03. The zero-order chi connectivity index (χ0) is 14.8. The predicted octanol–water partition coefficient (Wildman–Crippen LogP) is 3.01. The summed E-state index contributed by atoms with van der Waals surface area (Å²) >= 11 is 3.59. The van der Waals surface area contributed by atoms with Gasteiger partial charge in [0.2, 0.25) is 0 Å². The Kier molecular flexibility index (Phi) is 4.87. The SMILES string of the molecule is CC(N)Cc1cc(Br)ccc1N1CCC(N2CCCC2)C1. The van der Waals surface area contributed by atoms with E-state index in [1.54, 1.807) is 0 Å². The van der Waals surface area contributed by atoms with E-state index in [0.29, 0.717) is 0 Å². The molecule has 2 aliphatic rings. The molecule has 1 aromatic carbocycles. The van der Waals surface area contributed by atoms with Crippen LogP contribution in [0.1, 0.15) is 31.7 Å². The average molecular weight is 352 g/mol. The number of hydrogen-bond donors (Lipinski definition) is 1. The summed E-state index contributed by atoms with van der Waals surface area (Å²) in [6.45, 7) is 7.03. The molecule has 2 heterocycles. The second-order valence-corrected chi connectivity index (χ2v) is 7.50. The van der Waals surface area contributed by atoms with E-state index < -0.39 is 0 Å². The number of nitrogens with zero attached hydrogens (tertiary/aromatic N) is 2. The Morgan fingerprint density at radius 3 is 2.76 bits per heavy atom. The standard InChI is InChI=1S/C17H26BrN3/c1-13(19)10-14-11-15(18)4-5-17(14)21-9-6-16(12-21)20-7-2-3-8-20/h4-5,11,13,16H,2-3,6-10,12,19H2,1H3. The number of nitrogens with two attached hydrogens (primary N) is 1. The van der Waals surface area contributed by atoms with E-state index in [9.17, 15) is 0 Å². The van der Waals surface area contributed by atoms with Crippen LogP contribution in [0.3, 0.4) is 0 Å². The number of halogens is 1. The Hall–Kier alpha value is -0.580. The summed E-state index contributed by atoms with van der Waals surface area (Å²) in [7, 11) is 0. The fourth-order valence-corrected chi connectivity index (χ4v) is 4.15. The summed E-state index contributed by atoms with van der Waals surface area (Å²) < 4.78 is 1.15. The summed E-state index contributed by atoms with van der Waals surface area (Å²) in [6, 6.07) is 7.61. The molecule has 2 saturated heterocycles. The summed E-state index contributed by atoms with van der Waals surface area (Å²) in [5.41, 5.74) is 8.79. The van der Waals surface area contributed by atoms with Crippen LogP contribution in [0.2, 0.25) is 0 Å². The van der Waals surface area contributed by atoms with Gasteiger partial charge in [-0.15, -0.1) is 0 Å². The maximum absolute atomic E-state index is 6.03. The smallest absolute Gasteiger partial charge is 0.0400 e. The van der Waals surface area contributed by atoms with Gasteiger partial charge in [-0.3, -0.25) is 4.90 Å². The highest BCUT2D eigenvalue weighted by molar-refractivity contribution is 9.10. The molecule has 0 radical (unpaired) electrons. The maximum Gasteiger partial charge on any atom is 0.0400 e. The van der Waals surface area contributed by atoms with E-state index in [1.165, 1.54) is 56.7 Å². The lowest BCUT2D eigenvalue weighted by Gasteiger charge is -2.26. The molecule has 2 N–H and O–H groups in total. The van der Waals surface area contributed by atoms with Crippen molar-refractivity contribution in [3.8, 4) is 0 Å². The average Bonchev–Trinajstić information content (AvgIpc) is 3.09. The molecule has 0 spiro atoms. The van der Waals surface area contributed by atoms with E-state index in [0.717, 1.165) is 16.9 Å². The lowest BCUT2D eigenvalue weighted by molar-refractivity contribution is 0.260. The molecule has 2 atom stereocenters. The minimum atomic E-state index is 0.204. The Morgan fingerprint density at radius 2 is 2.05 bits per heavy atom. The zero-order valence-electron chi connectivity index (χ0n) is 12.9. The number of rotatable bonds is 4. The highest BCUT2D eigenvalue weighted by Crippen LogP contribution is 2.30. The van der Waals surface area contributed by atoms with Crippen molar-refractivity contribution in [1.29, 1.82) is 0 Å². The van der Waals surface area contributed by atoms with Crippen molar-refractivity contribution in [2.75, 3.05) is 31.1 Å². The normalized spacial score (nSPS) is 24.7. The molecule has 0 saturated carbocycles. The quantitative estimate of drug-likeness (QED) is 0.904. The second-order valence-electron chi connectivity index (χ2n) is 6.59. The highest BCUT2D eigenvalue weighted by atomic mass is 79.9. The lowest BCUT2D eigenvalue weighted by Crippen LogP contribution is -2.35. The van der Waals surface area contributed by atoms with E-state index in [1.807, 2.05) is 0 Å². The first-order valence-electron chi connectivity index (χ1n) is 8.16. The van der Waals surface area contributed by atoms with Crippen molar-refractivity contribution in [3.05, 3.63) is 28.2 Å². The van der Waals surface area contributed by atoms with Crippen LogP contribution in [-0.4, -0.2) is 43.2 Å². The monoisotopic (exact) mass is 351 g/mol. The number of likely N-dealkylation sites (tertiary alicyclic amines) is 1. The summed E-state index contributed by atoms with van der Waals surface area (Å²) in [4.78, 5) is 5.25. The predicted molar refractivity (Wildman–Crippen MR) is 92.9 cm³/mol. The van der Waals surface area contributed by atoms with Crippen LogP contribution in [0.4, 0.5) is 5.69 Å². The van der Waals surface area contributed by atoms with Gasteiger partial charge in [0.05, 0.1) is 0 Å². The van der Waals surface area contributed by atoms with Crippen LogP contribution < -0.4 is 10.6 Å². The van der Waals surface area contributed by atoms with Crippen molar-refractivity contribution in [2.45, 2.75) is 44.7 Å². The van der Waals surface area contributed by atoms with Gasteiger partial charge in [-0.2, -0.15) is 0 Å². The largest absolute Gasteiger partial charge is 0.370 e. The van der Waals surface area contributed by atoms with Gasteiger partial charge in [0.15, 0.2) is 0 Å². The van der Waals surface area contributed by atoms with Crippen LogP contribution in [0, 0.1) is 0 Å². The molecule has 0 aromatic heterocycles. The summed E-state index contributed by atoms with van der Waals surface area (Å²) in [5.74, 6) is 0.